The standard InChI is InChI=1S/C27H31FN8O5S2/c1-15-17(3-2-4-18(15)28)21-20(24(37)38)19(31-22(32-21)23-30-5-8-42-23)11-34-6-7-35-16(9-34)10-36(25(35)39)27-12-26(13-27,14-27)33-43(29,40)41/h2-5,8,16,21,33H,6-7,9-14H2,1H3,(H,31,32)(H,37,38)(H2,29,40,41)/t16-,21-,26?,27?/m0/s1. The number of aliphatic carboxylic acids is 1. The molecule has 13 nitrogen and oxygen atoms in total. The molecule has 2 bridgehead atoms. The Labute approximate surface area is 251 Å². The third kappa shape index (κ3) is 4.71. The van der Waals surface area contributed by atoms with Gasteiger partial charge >= 0.3 is 12.0 Å². The van der Waals surface area contributed by atoms with E-state index in [1.165, 1.54) is 17.4 Å². The summed E-state index contributed by atoms with van der Waals surface area (Å²) >= 11 is 1.36. The number of carbonyl (C=O) groups excluding carboxylic acids is 1. The van der Waals surface area contributed by atoms with Crippen LogP contribution in [0, 0.1) is 12.7 Å². The molecule has 4 heterocycles. The van der Waals surface area contributed by atoms with Gasteiger partial charge in [-0.1, -0.05) is 12.1 Å². The van der Waals surface area contributed by atoms with Crippen molar-refractivity contribution in [3.05, 3.63) is 63.0 Å². The van der Waals surface area contributed by atoms with Gasteiger partial charge in [0.1, 0.15) is 11.9 Å². The summed E-state index contributed by atoms with van der Waals surface area (Å²) in [6.07, 6.45) is 3.28. The molecule has 6 aliphatic rings. The molecule has 2 saturated heterocycles. The molecule has 8 rings (SSSR count). The summed E-state index contributed by atoms with van der Waals surface area (Å²) in [7, 11) is -3.82. The van der Waals surface area contributed by atoms with E-state index in [0.29, 0.717) is 73.1 Å². The fourth-order valence-corrected chi connectivity index (χ4v) is 8.94. The van der Waals surface area contributed by atoms with Crippen LogP contribution in [0.4, 0.5) is 9.18 Å². The Morgan fingerprint density at radius 1 is 1.28 bits per heavy atom. The number of nitrogens with two attached hydrogens (primary N) is 1. The fourth-order valence-electron chi connectivity index (χ4n) is 7.53. The molecule has 3 aliphatic carbocycles. The number of benzene rings is 1. The number of amides is 2. The minimum Gasteiger partial charge on any atom is -0.478 e. The molecule has 1 aromatic heterocycles. The Balaban J connectivity index is 1.12. The summed E-state index contributed by atoms with van der Waals surface area (Å²) in [5.74, 6) is -1.16. The number of carbonyl (C=O) groups is 2. The SMILES string of the molecule is Cc1c(F)cccc1[C@@H]1N=C(c2nccs2)NC(CN2CCN3C(=O)N(C45CC(NS(N)(=O)=O)(C4)C5)C[C@@H]3C2)=C1C(=O)O. The number of amidine groups is 1. The second kappa shape index (κ2) is 9.79. The maximum Gasteiger partial charge on any atom is 0.335 e. The number of aromatic nitrogens is 1. The Hall–Kier alpha value is -3.44. The summed E-state index contributed by atoms with van der Waals surface area (Å²) in [6.45, 7) is 3.94. The molecule has 0 radical (unpaired) electrons. The summed E-state index contributed by atoms with van der Waals surface area (Å²) in [5.41, 5.74) is 0.398. The number of hydrogen-bond acceptors (Lipinski definition) is 9. The lowest BCUT2D eigenvalue weighted by atomic mass is 9.44. The van der Waals surface area contributed by atoms with Crippen LogP contribution in [-0.2, 0) is 15.0 Å². The number of aliphatic imine (C=N–C) groups is 1. The Kier molecular flexibility index (Phi) is 6.45. The van der Waals surface area contributed by atoms with Crippen LogP contribution in [0.25, 0.3) is 0 Å². The molecule has 43 heavy (non-hydrogen) atoms. The first-order valence-electron chi connectivity index (χ1n) is 14.0. The van der Waals surface area contributed by atoms with Crippen molar-refractivity contribution in [1.82, 2.24) is 29.7 Å². The lowest BCUT2D eigenvalue weighted by molar-refractivity contribution is -0.145. The van der Waals surface area contributed by atoms with Crippen molar-refractivity contribution in [3.63, 3.8) is 0 Å². The molecule has 5 fully saturated rings. The normalized spacial score (nSPS) is 30.4. The van der Waals surface area contributed by atoms with E-state index in [9.17, 15) is 27.5 Å². The summed E-state index contributed by atoms with van der Waals surface area (Å²) in [5, 5.41) is 21.2. The largest absolute Gasteiger partial charge is 0.478 e. The molecule has 2 amide bonds. The molecule has 16 heteroatoms. The number of rotatable bonds is 8. The number of piperazine rings is 1. The van der Waals surface area contributed by atoms with Gasteiger partial charge in [0.25, 0.3) is 10.2 Å². The van der Waals surface area contributed by atoms with E-state index in [2.05, 4.69) is 19.9 Å². The third-order valence-corrected chi connectivity index (χ3v) is 10.8. The van der Waals surface area contributed by atoms with Crippen molar-refractivity contribution in [2.45, 2.75) is 49.3 Å². The van der Waals surface area contributed by atoms with Gasteiger partial charge in [0.05, 0.1) is 17.2 Å². The van der Waals surface area contributed by atoms with Crippen LogP contribution in [0.15, 0.2) is 46.0 Å². The monoisotopic (exact) mass is 630 g/mol. The number of nitrogens with one attached hydrogen (secondary N) is 2. The molecule has 2 atom stereocenters. The molecule has 5 N–H and O–H groups in total. The van der Waals surface area contributed by atoms with E-state index in [1.54, 1.807) is 30.6 Å². The molecule has 228 valence electrons. The van der Waals surface area contributed by atoms with E-state index in [-0.39, 0.29) is 29.7 Å². The number of halogens is 1. The fraction of sp³-hybridized carbons (Fsp3) is 0.481. The number of hydrogen-bond donors (Lipinski definition) is 4. The van der Waals surface area contributed by atoms with E-state index < -0.39 is 33.6 Å². The summed E-state index contributed by atoms with van der Waals surface area (Å²) < 4.78 is 40.2. The van der Waals surface area contributed by atoms with Crippen LogP contribution >= 0.6 is 11.3 Å². The summed E-state index contributed by atoms with van der Waals surface area (Å²) in [6, 6.07) is 3.51. The van der Waals surface area contributed by atoms with E-state index in [4.69, 9.17) is 10.1 Å². The minimum atomic E-state index is -3.82. The van der Waals surface area contributed by atoms with Gasteiger partial charge < -0.3 is 20.2 Å². The highest BCUT2D eigenvalue weighted by Crippen LogP contribution is 2.64. The van der Waals surface area contributed by atoms with Crippen molar-refractivity contribution in [2.24, 2.45) is 10.1 Å². The molecule has 3 saturated carbocycles. The van der Waals surface area contributed by atoms with Crippen molar-refractivity contribution in [2.75, 3.05) is 32.7 Å². The molecular formula is C27H31FN8O5S2. The zero-order chi connectivity index (χ0) is 30.3. The molecular weight excluding hydrogens is 599 g/mol. The molecule has 1 aromatic carbocycles. The second-order valence-electron chi connectivity index (χ2n) is 12.2. The third-order valence-electron chi connectivity index (χ3n) is 9.35. The lowest BCUT2D eigenvalue weighted by Gasteiger charge is -2.72. The van der Waals surface area contributed by atoms with Crippen LogP contribution in [-0.4, -0.2) is 101 Å². The van der Waals surface area contributed by atoms with Crippen LogP contribution in [0.3, 0.4) is 0 Å². The highest BCUT2D eigenvalue weighted by Gasteiger charge is 2.73. The number of urea groups is 1. The van der Waals surface area contributed by atoms with Crippen molar-refractivity contribution >= 4 is 39.4 Å². The number of thiazole rings is 1. The number of carboxylic acid groups (broad SMARTS) is 1. The quantitative estimate of drug-likeness (QED) is 0.333. The first-order chi connectivity index (χ1) is 20.4. The van der Waals surface area contributed by atoms with Gasteiger partial charge in [-0.25, -0.2) is 24.1 Å². The minimum absolute atomic E-state index is 0.0436. The van der Waals surface area contributed by atoms with E-state index in [1.807, 2.05) is 9.80 Å². The maximum atomic E-state index is 14.6. The van der Waals surface area contributed by atoms with Crippen molar-refractivity contribution in [3.8, 4) is 0 Å². The predicted molar refractivity (Wildman–Crippen MR) is 155 cm³/mol. The first kappa shape index (κ1) is 28.3. The van der Waals surface area contributed by atoms with Crippen LogP contribution in [0.2, 0.25) is 0 Å². The van der Waals surface area contributed by atoms with Gasteiger partial charge in [-0.15, -0.1) is 11.3 Å². The zero-order valence-corrected chi connectivity index (χ0v) is 24.9. The predicted octanol–water partition coefficient (Wildman–Crippen LogP) is 0.910. The number of carboxylic acids is 1. The van der Waals surface area contributed by atoms with Gasteiger partial charge in [-0.2, -0.15) is 13.1 Å². The molecule has 3 aliphatic heterocycles. The maximum absolute atomic E-state index is 14.6. The first-order valence-corrected chi connectivity index (χ1v) is 16.4. The van der Waals surface area contributed by atoms with E-state index in [0.717, 1.165) is 0 Å². The molecule has 0 unspecified atom stereocenters. The second-order valence-corrected chi connectivity index (χ2v) is 14.3. The Morgan fingerprint density at radius 3 is 2.72 bits per heavy atom. The van der Waals surface area contributed by atoms with Gasteiger partial charge in [0.15, 0.2) is 10.8 Å². The smallest absolute Gasteiger partial charge is 0.335 e. The lowest BCUT2D eigenvalue weighted by Crippen LogP contribution is -2.84. The molecule has 0 spiro atoms. The topological polar surface area (TPSA) is 174 Å². The zero-order valence-electron chi connectivity index (χ0n) is 23.3. The van der Waals surface area contributed by atoms with Crippen LogP contribution in [0.1, 0.15) is 41.4 Å². The van der Waals surface area contributed by atoms with Crippen LogP contribution < -0.4 is 15.2 Å². The highest BCUT2D eigenvalue weighted by atomic mass is 32.2. The van der Waals surface area contributed by atoms with Crippen LogP contribution in [0.5, 0.6) is 0 Å². The van der Waals surface area contributed by atoms with Gasteiger partial charge in [-0.3, -0.25) is 9.89 Å². The average molecular weight is 631 g/mol. The van der Waals surface area contributed by atoms with Crippen molar-refractivity contribution in [1.29, 1.82) is 0 Å². The summed E-state index contributed by atoms with van der Waals surface area (Å²) in [4.78, 5) is 41.0. The average Bonchev–Trinajstić information content (AvgIpc) is 3.54. The number of nitrogens with zero attached hydrogens (tertiary/aromatic N) is 5. The van der Waals surface area contributed by atoms with Gasteiger partial charge in [0, 0.05) is 55.5 Å². The van der Waals surface area contributed by atoms with Crippen molar-refractivity contribution < 1.29 is 27.5 Å². The Morgan fingerprint density at radius 2 is 2.05 bits per heavy atom. The number of fused-ring (bicyclic) bond motifs is 1. The van der Waals surface area contributed by atoms with Gasteiger partial charge in [-0.05, 0) is 43.4 Å². The van der Waals surface area contributed by atoms with E-state index >= 15 is 0 Å². The Bertz CT molecular complexity index is 1670. The molecule has 2 aromatic rings. The highest BCUT2D eigenvalue weighted by molar-refractivity contribution is 7.87. The van der Waals surface area contributed by atoms with Gasteiger partial charge in [0.2, 0.25) is 0 Å².